The number of carbonyl (C=O) groups is 2. The highest BCUT2D eigenvalue weighted by Crippen LogP contribution is 2.37. The minimum absolute atomic E-state index is 0.0408. The number of rotatable bonds is 7. The first-order valence-electron chi connectivity index (χ1n) is 11.0. The average molecular weight is 427 g/mol. The molecule has 0 spiro atoms. The van der Waals surface area contributed by atoms with E-state index in [0.29, 0.717) is 19.5 Å². The van der Waals surface area contributed by atoms with Crippen LogP contribution in [0.1, 0.15) is 69.0 Å². The van der Waals surface area contributed by atoms with Crippen molar-refractivity contribution in [2.75, 3.05) is 19.6 Å². The molecule has 0 unspecified atom stereocenters. The number of hydrogen-bond donors (Lipinski definition) is 0. The van der Waals surface area contributed by atoms with Crippen LogP contribution in [0, 0.1) is 5.41 Å². The van der Waals surface area contributed by atoms with Gasteiger partial charge in [0.15, 0.2) is 0 Å². The van der Waals surface area contributed by atoms with Gasteiger partial charge in [-0.25, -0.2) is 0 Å². The largest absolute Gasteiger partial charge is 0.333 e. The predicted molar refractivity (Wildman–Crippen MR) is 124 cm³/mol. The van der Waals surface area contributed by atoms with Gasteiger partial charge in [-0.3, -0.25) is 9.59 Å². The van der Waals surface area contributed by atoms with Crippen molar-refractivity contribution in [2.45, 2.75) is 59.4 Å². The second-order valence-electron chi connectivity index (χ2n) is 9.36. The highest BCUT2D eigenvalue weighted by atomic mass is 32.1. The van der Waals surface area contributed by atoms with Gasteiger partial charge in [0.05, 0.1) is 12.6 Å². The smallest absolute Gasteiger partial charge is 0.242 e. The fraction of sp³-hybridized carbons (Fsp3) is 0.520. The lowest BCUT2D eigenvalue weighted by Gasteiger charge is -2.38. The fourth-order valence-corrected chi connectivity index (χ4v) is 4.94. The zero-order chi connectivity index (χ0) is 21.7. The summed E-state index contributed by atoms with van der Waals surface area (Å²) in [5.74, 6) is 0.118. The maximum Gasteiger partial charge on any atom is 0.242 e. The number of hydrogen-bond acceptors (Lipinski definition) is 3. The third-order valence-electron chi connectivity index (χ3n) is 5.54. The van der Waals surface area contributed by atoms with Gasteiger partial charge in [-0.1, -0.05) is 64.4 Å². The number of fused-ring (bicyclic) bond motifs is 1. The van der Waals surface area contributed by atoms with Gasteiger partial charge in [0.1, 0.15) is 0 Å². The molecular weight excluding hydrogens is 392 g/mol. The van der Waals surface area contributed by atoms with Gasteiger partial charge in [0.25, 0.3) is 0 Å². The van der Waals surface area contributed by atoms with Crippen molar-refractivity contribution in [3.63, 3.8) is 0 Å². The maximum absolute atomic E-state index is 13.5. The van der Waals surface area contributed by atoms with E-state index in [-0.39, 0.29) is 29.8 Å². The van der Waals surface area contributed by atoms with E-state index in [9.17, 15) is 9.59 Å². The van der Waals surface area contributed by atoms with Gasteiger partial charge in [0.2, 0.25) is 11.8 Å². The minimum atomic E-state index is -0.0894. The van der Waals surface area contributed by atoms with Crippen molar-refractivity contribution >= 4 is 23.2 Å². The van der Waals surface area contributed by atoms with Crippen LogP contribution < -0.4 is 0 Å². The standard InChI is InChI=1S/C25H34N2O2S/c1-5-6-14-26(22(28)17-25(2,3)4)18-23(29)27-15-12-21-20(13-16-30-21)24(27)19-10-8-7-9-11-19/h7-11,13,16,24H,5-6,12,14-15,17-18H2,1-4H3/t24-/m1/s1. The van der Waals surface area contributed by atoms with E-state index in [4.69, 9.17) is 0 Å². The van der Waals surface area contributed by atoms with Crippen LogP contribution in [0.15, 0.2) is 41.8 Å². The molecule has 1 atom stereocenters. The Balaban J connectivity index is 1.83. The molecule has 2 amide bonds. The van der Waals surface area contributed by atoms with E-state index in [0.717, 1.165) is 24.8 Å². The van der Waals surface area contributed by atoms with Gasteiger partial charge in [-0.2, -0.15) is 0 Å². The molecule has 0 fully saturated rings. The monoisotopic (exact) mass is 426 g/mol. The van der Waals surface area contributed by atoms with Crippen LogP contribution in [0.25, 0.3) is 0 Å². The Morgan fingerprint density at radius 3 is 2.57 bits per heavy atom. The molecule has 2 aromatic rings. The quantitative estimate of drug-likeness (QED) is 0.604. The first kappa shape index (κ1) is 22.5. The average Bonchev–Trinajstić information content (AvgIpc) is 3.18. The second-order valence-corrected chi connectivity index (χ2v) is 10.4. The second kappa shape index (κ2) is 9.78. The van der Waals surface area contributed by atoms with Gasteiger partial charge in [-0.15, -0.1) is 11.3 Å². The first-order chi connectivity index (χ1) is 14.3. The fourth-order valence-electron chi connectivity index (χ4n) is 4.04. The molecule has 0 aliphatic carbocycles. The molecule has 2 heterocycles. The summed E-state index contributed by atoms with van der Waals surface area (Å²) >= 11 is 1.77. The molecule has 1 aliphatic rings. The summed E-state index contributed by atoms with van der Waals surface area (Å²) in [5.41, 5.74) is 2.27. The summed E-state index contributed by atoms with van der Waals surface area (Å²) in [4.78, 5) is 31.6. The van der Waals surface area contributed by atoms with Gasteiger partial charge in [-0.05, 0) is 40.8 Å². The van der Waals surface area contributed by atoms with Crippen LogP contribution in [0.3, 0.4) is 0 Å². The number of thiophene rings is 1. The number of nitrogens with zero attached hydrogens (tertiary/aromatic N) is 2. The minimum Gasteiger partial charge on any atom is -0.333 e. The number of amides is 2. The third-order valence-corrected chi connectivity index (χ3v) is 6.54. The lowest BCUT2D eigenvalue weighted by atomic mass is 9.91. The Morgan fingerprint density at radius 1 is 1.17 bits per heavy atom. The highest BCUT2D eigenvalue weighted by Gasteiger charge is 2.34. The molecule has 1 aromatic carbocycles. The molecule has 0 saturated carbocycles. The number of carbonyl (C=O) groups excluding carboxylic acids is 2. The summed E-state index contributed by atoms with van der Waals surface area (Å²) in [6, 6.07) is 12.3. The van der Waals surface area contributed by atoms with Crippen LogP contribution in [-0.4, -0.2) is 41.2 Å². The topological polar surface area (TPSA) is 40.6 Å². The van der Waals surface area contributed by atoms with Gasteiger partial charge < -0.3 is 9.80 Å². The summed E-state index contributed by atoms with van der Waals surface area (Å²) in [6.07, 6.45) is 3.26. The molecule has 0 radical (unpaired) electrons. The number of unbranched alkanes of at least 4 members (excludes halogenated alkanes) is 1. The van der Waals surface area contributed by atoms with E-state index in [1.165, 1.54) is 10.4 Å². The van der Waals surface area contributed by atoms with Crippen molar-refractivity contribution in [2.24, 2.45) is 5.41 Å². The van der Waals surface area contributed by atoms with E-state index < -0.39 is 0 Å². The van der Waals surface area contributed by atoms with Crippen molar-refractivity contribution in [3.05, 3.63) is 57.8 Å². The normalized spacial score (nSPS) is 16.3. The molecule has 30 heavy (non-hydrogen) atoms. The third kappa shape index (κ3) is 5.51. The molecule has 1 aliphatic heterocycles. The number of benzene rings is 1. The van der Waals surface area contributed by atoms with E-state index in [2.05, 4.69) is 51.3 Å². The lowest BCUT2D eigenvalue weighted by Crippen LogP contribution is -2.47. The zero-order valence-corrected chi connectivity index (χ0v) is 19.5. The Bertz CT molecular complexity index is 854. The van der Waals surface area contributed by atoms with E-state index >= 15 is 0 Å². The Kier molecular flexibility index (Phi) is 7.35. The van der Waals surface area contributed by atoms with Gasteiger partial charge >= 0.3 is 0 Å². The van der Waals surface area contributed by atoms with Crippen LogP contribution >= 0.6 is 11.3 Å². The Labute approximate surface area is 184 Å². The maximum atomic E-state index is 13.5. The van der Waals surface area contributed by atoms with Crippen molar-refractivity contribution in [1.82, 2.24) is 9.80 Å². The zero-order valence-electron chi connectivity index (χ0n) is 18.7. The Morgan fingerprint density at radius 2 is 1.90 bits per heavy atom. The predicted octanol–water partition coefficient (Wildman–Crippen LogP) is 5.29. The van der Waals surface area contributed by atoms with Crippen molar-refractivity contribution in [3.8, 4) is 0 Å². The summed E-state index contributed by atoms with van der Waals surface area (Å²) in [5, 5.41) is 2.12. The Hall–Kier alpha value is -2.14. The molecule has 5 heteroatoms. The molecule has 162 valence electrons. The van der Waals surface area contributed by atoms with E-state index in [1.807, 2.05) is 23.1 Å². The SMILES string of the molecule is CCCCN(CC(=O)N1CCc2sccc2[C@H]1c1ccccc1)C(=O)CC(C)(C)C. The lowest BCUT2D eigenvalue weighted by molar-refractivity contribution is -0.142. The molecule has 4 nitrogen and oxygen atoms in total. The van der Waals surface area contributed by atoms with Crippen molar-refractivity contribution < 1.29 is 9.59 Å². The van der Waals surface area contributed by atoms with Crippen LogP contribution in [-0.2, 0) is 16.0 Å². The first-order valence-corrected chi connectivity index (χ1v) is 11.9. The summed E-state index contributed by atoms with van der Waals surface area (Å²) < 4.78 is 0. The summed E-state index contributed by atoms with van der Waals surface area (Å²) in [6.45, 7) is 9.82. The van der Waals surface area contributed by atoms with E-state index in [1.54, 1.807) is 16.2 Å². The van der Waals surface area contributed by atoms with Crippen molar-refractivity contribution in [1.29, 1.82) is 0 Å². The van der Waals surface area contributed by atoms with Crippen LogP contribution in [0.4, 0.5) is 0 Å². The van der Waals surface area contributed by atoms with Gasteiger partial charge in [0, 0.05) is 24.4 Å². The molecule has 0 bridgehead atoms. The highest BCUT2D eigenvalue weighted by molar-refractivity contribution is 7.10. The molecule has 3 rings (SSSR count). The molecule has 1 aromatic heterocycles. The molecular formula is C25H34N2O2S. The van der Waals surface area contributed by atoms with Crippen LogP contribution in [0.5, 0.6) is 0 Å². The molecule has 0 N–H and O–H groups in total. The molecule has 0 saturated heterocycles. The summed E-state index contributed by atoms with van der Waals surface area (Å²) in [7, 11) is 0. The van der Waals surface area contributed by atoms with Crippen LogP contribution in [0.2, 0.25) is 0 Å².